The van der Waals surface area contributed by atoms with Crippen LogP contribution in [0.25, 0.3) is 0 Å². The minimum atomic E-state index is -4.86. The summed E-state index contributed by atoms with van der Waals surface area (Å²) in [6.07, 6.45) is -9.48. The third-order valence-corrected chi connectivity index (χ3v) is 4.61. The number of amides is 2. The van der Waals surface area contributed by atoms with E-state index in [2.05, 4.69) is 20.6 Å². The van der Waals surface area contributed by atoms with Crippen LogP contribution in [-0.4, -0.2) is 18.1 Å². The fourth-order valence-electron chi connectivity index (χ4n) is 3.01. The van der Waals surface area contributed by atoms with Crippen molar-refractivity contribution in [2.75, 3.05) is 5.32 Å². The highest BCUT2D eigenvalue weighted by molar-refractivity contribution is 6.03. The van der Waals surface area contributed by atoms with Crippen LogP contribution >= 0.6 is 0 Å². The number of nitriles is 1. The van der Waals surface area contributed by atoms with Crippen LogP contribution in [0.3, 0.4) is 0 Å². The molecule has 0 spiro atoms. The molecular weight excluding hydrogens is 490 g/mol. The van der Waals surface area contributed by atoms with Crippen molar-refractivity contribution in [1.29, 1.82) is 5.26 Å². The second kappa shape index (κ2) is 10.8. The Morgan fingerprint density at radius 2 is 1.61 bits per heavy atom. The van der Waals surface area contributed by atoms with Gasteiger partial charge in [-0.2, -0.15) is 23.5 Å². The third kappa shape index (κ3) is 7.76. The van der Waals surface area contributed by atoms with Gasteiger partial charge in [-0.15, -0.1) is 13.2 Å². The van der Waals surface area contributed by atoms with Crippen LogP contribution in [0.5, 0.6) is 5.75 Å². The van der Waals surface area contributed by atoms with Gasteiger partial charge in [0.1, 0.15) is 5.75 Å². The lowest BCUT2D eigenvalue weighted by Gasteiger charge is -2.12. The molecule has 0 aromatic heterocycles. The highest BCUT2D eigenvalue weighted by Crippen LogP contribution is 2.30. The summed E-state index contributed by atoms with van der Waals surface area (Å²) in [6.45, 7) is 0. The van der Waals surface area contributed by atoms with Crippen molar-refractivity contribution in [2.24, 2.45) is 5.10 Å². The predicted molar refractivity (Wildman–Crippen MR) is 118 cm³/mol. The van der Waals surface area contributed by atoms with E-state index in [1.807, 2.05) is 6.07 Å². The smallest absolute Gasteiger partial charge is 0.406 e. The molecule has 3 rings (SSSR count). The molecule has 0 atom stereocenters. The molecule has 0 fully saturated rings. The SMILES string of the molecule is N#Cc1ccc(/C(Cc2cccc(C(F)(F)F)c2)=N/NC(=O)Nc2ccc(OC(F)(F)F)cc2)cc1. The van der Waals surface area contributed by atoms with E-state index in [0.717, 1.165) is 24.3 Å². The van der Waals surface area contributed by atoms with Crippen LogP contribution in [0, 0.1) is 11.3 Å². The Morgan fingerprint density at radius 1 is 0.944 bits per heavy atom. The molecule has 0 aliphatic rings. The summed E-state index contributed by atoms with van der Waals surface area (Å²) in [4.78, 5) is 12.3. The summed E-state index contributed by atoms with van der Waals surface area (Å²) in [5.41, 5.74) is 2.77. The van der Waals surface area contributed by atoms with Crippen LogP contribution in [0.4, 0.5) is 36.8 Å². The van der Waals surface area contributed by atoms with Gasteiger partial charge in [0.2, 0.25) is 0 Å². The van der Waals surface area contributed by atoms with Crippen LogP contribution in [0.15, 0.2) is 77.9 Å². The highest BCUT2D eigenvalue weighted by atomic mass is 19.4. The molecule has 2 amide bonds. The van der Waals surface area contributed by atoms with E-state index >= 15 is 0 Å². The van der Waals surface area contributed by atoms with E-state index in [1.54, 1.807) is 0 Å². The Bertz CT molecular complexity index is 1280. The number of benzene rings is 3. The number of alkyl halides is 6. The number of hydrogen-bond acceptors (Lipinski definition) is 4. The molecule has 0 radical (unpaired) electrons. The normalized spacial score (nSPS) is 12.0. The summed E-state index contributed by atoms with van der Waals surface area (Å²) >= 11 is 0. The van der Waals surface area contributed by atoms with Gasteiger partial charge in [-0.3, -0.25) is 0 Å². The number of carbonyl (C=O) groups excluding carboxylic acids is 1. The molecule has 0 saturated heterocycles. The fraction of sp³-hybridized carbons (Fsp3) is 0.125. The van der Waals surface area contributed by atoms with Crippen molar-refractivity contribution in [1.82, 2.24) is 5.43 Å². The monoisotopic (exact) mass is 506 g/mol. The Morgan fingerprint density at radius 3 is 2.19 bits per heavy atom. The van der Waals surface area contributed by atoms with Crippen molar-refractivity contribution in [3.8, 4) is 11.8 Å². The summed E-state index contributed by atoms with van der Waals surface area (Å²) in [5, 5.41) is 15.4. The molecule has 0 bridgehead atoms. The van der Waals surface area contributed by atoms with E-state index in [1.165, 1.54) is 48.5 Å². The zero-order valence-electron chi connectivity index (χ0n) is 18.1. The second-order valence-electron chi connectivity index (χ2n) is 7.26. The number of hydrogen-bond donors (Lipinski definition) is 2. The van der Waals surface area contributed by atoms with Gasteiger partial charge in [-0.1, -0.05) is 30.3 Å². The molecule has 0 aliphatic carbocycles. The first kappa shape index (κ1) is 26.1. The quantitative estimate of drug-likeness (QED) is 0.236. The molecule has 0 unspecified atom stereocenters. The summed E-state index contributed by atoms with van der Waals surface area (Å²) in [5.74, 6) is -0.476. The summed E-state index contributed by atoms with van der Waals surface area (Å²) in [6, 6.07) is 16.1. The zero-order valence-corrected chi connectivity index (χ0v) is 18.1. The first-order valence-corrected chi connectivity index (χ1v) is 10.1. The molecule has 2 N–H and O–H groups in total. The average Bonchev–Trinajstić information content (AvgIpc) is 2.82. The number of anilines is 1. The van der Waals surface area contributed by atoms with Crippen LogP contribution < -0.4 is 15.5 Å². The van der Waals surface area contributed by atoms with Gasteiger partial charge in [0, 0.05) is 12.1 Å². The summed E-state index contributed by atoms with van der Waals surface area (Å²) in [7, 11) is 0. The van der Waals surface area contributed by atoms with Crippen LogP contribution in [0.1, 0.15) is 22.3 Å². The number of rotatable bonds is 6. The maximum Gasteiger partial charge on any atom is 0.573 e. The minimum Gasteiger partial charge on any atom is -0.406 e. The van der Waals surface area contributed by atoms with Gasteiger partial charge in [0.05, 0.1) is 22.9 Å². The number of nitrogens with zero attached hydrogens (tertiary/aromatic N) is 2. The van der Waals surface area contributed by atoms with Crippen molar-refractivity contribution in [3.05, 3.63) is 95.1 Å². The van der Waals surface area contributed by atoms with Gasteiger partial charge in [-0.05, 0) is 53.6 Å². The third-order valence-electron chi connectivity index (χ3n) is 4.61. The number of nitrogens with one attached hydrogen (secondary N) is 2. The maximum absolute atomic E-state index is 13.1. The minimum absolute atomic E-state index is 0.0838. The molecule has 36 heavy (non-hydrogen) atoms. The van der Waals surface area contributed by atoms with E-state index in [9.17, 15) is 31.1 Å². The highest BCUT2D eigenvalue weighted by Gasteiger charge is 2.31. The molecule has 0 heterocycles. The number of halogens is 6. The lowest BCUT2D eigenvalue weighted by molar-refractivity contribution is -0.274. The van der Waals surface area contributed by atoms with Crippen molar-refractivity contribution < 1.29 is 35.9 Å². The fourth-order valence-corrected chi connectivity index (χ4v) is 3.01. The summed E-state index contributed by atoms with van der Waals surface area (Å²) < 4.78 is 79.8. The van der Waals surface area contributed by atoms with Crippen molar-refractivity contribution in [3.63, 3.8) is 0 Å². The first-order chi connectivity index (χ1) is 16.9. The van der Waals surface area contributed by atoms with Crippen molar-refractivity contribution in [2.45, 2.75) is 19.0 Å². The molecule has 186 valence electrons. The Balaban J connectivity index is 1.78. The largest absolute Gasteiger partial charge is 0.573 e. The topological polar surface area (TPSA) is 86.5 Å². The number of carbonyl (C=O) groups is 1. The van der Waals surface area contributed by atoms with E-state index in [0.29, 0.717) is 11.1 Å². The van der Waals surface area contributed by atoms with Gasteiger partial charge < -0.3 is 10.1 Å². The number of urea groups is 1. The molecule has 3 aromatic carbocycles. The standard InChI is InChI=1S/C24H16F6N4O2/c25-23(26,27)18-3-1-2-16(12-18)13-21(17-6-4-15(14-31)5-7-17)33-34-22(35)32-19-8-10-20(11-9-19)36-24(28,29)30/h1-12H,13H2,(H2,32,34,35)/b33-21+. The lowest BCUT2D eigenvalue weighted by Crippen LogP contribution is -2.26. The van der Waals surface area contributed by atoms with Crippen LogP contribution in [0.2, 0.25) is 0 Å². The van der Waals surface area contributed by atoms with Crippen LogP contribution in [-0.2, 0) is 12.6 Å². The first-order valence-electron chi connectivity index (χ1n) is 10.1. The average molecular weight is 506 g/mol. The molecule has 6 nitrogen and oxygen atoms in total. The molecule has 12 heteroatoms. The number of ether oxygens (including phenoxy) is 1. The van der Waals surface area contributed by atoms with Gasteiger partial charge in [-0.25, -0.2) is 10.2 Å². The van der Waals surface area contributed by atoms with E-state index < -0.39 is 29.9 Å². The lowest BCUT2D eigenvalue weighted by atomic mass is 10.00. The predicted octanol–water partition coefficient (Wildman–Crippen LogP) is 6.24. The second-order valence-corrected chi connectivity index (χ2v) is 7.26. The molecule has 0 aliphatic heterocycles. The Labute approximate surface area is 200 Å². The molecule has 0 saturated carbocycles. The van der Waals surface area contributed by atoms with Gasteiger partial charge in [0.25, 0.3) is 0 Å². The molecule has 3 aromatic rings. The van der Waals surface area contributed by atoms with Gasteiger partial charge >= 0.3 is 18.6 Å². The zero-order chi connectivity index (χ0) is 26.3. The Hall–Kier alpha value is -4.53. The van der Waals surface area contributed by atoms with E-state index in [-0.39, 0.29) is 23.4 Å². The van der Waals surface area contributed by atoms with E-state index in [4.69, 9.17) is 5.26 Å². The molecular formula is C24H16F6N4O2. The van der Waals surface area contributed by atoms with Crippen molar-refractivity contribution >= 4 is 17.4 Å². The number of hydrazone groups is 1. The van der Waals surface area contributed by atoms with Gasteiger partial charge in [0.15, 0.2) is 0 Å². The maximum atomic E-state index is 13.1. The Kier molecular flexibility index (Phi) is 7.83.